The first-order valence-corrected chi connectivity index (χ1v) is 7.84. The monoisotopic (exact) mass is 328 g/mol. The van der Waals surface area contributed by atoms with Crippen LogP contribution in [0.4, 0.5) is 4.39 Å². The van der Waals surface area contributed by atoms with Crippen molar-refractivity contribution in [2.45, 2.75) is 25.9 Å². The van der Waals surface area contributed by atoms with Crippen LogP contribution in [0.2, 0.25) is 5.02 Å². The van der Waals surface area contributed by atoms with Gasteiger partial charge in [-0.2, -0.15) is 0 Å². The molecule has 0 radical (unpaired) electrons. The van der Waals surface area contributed by atoms with Crippen LogP contribution in [0, 0.1) is 11.7 Å². The number of carbonyl (C=O) groups excluding carboxylic acids is 1. The van der Waals surface area contributed by atoms with E-state index in [-0.39, 0.29) is 31.0 Å². The Kier molecular flexibility index (Phi) is 5.78. The van der Waals surface area contributed by atoms with Gasteiger partial charge < -0.3 is 10.0 Å². The summed E-state index contributed by atoms with van der Waals surface area (Å²) in [5.41, 5.74) is 0.335. The van der Waals surface area contributed by atoms with Crippen LogP contribution in [-0.2, 0) is 11.3 Å². The molecule has 1 fully saturated rings. The lowest BCUT2D eigenvalue weighted by Crippen LogP contribution is -2.44. The Hall–Kier alpha value is -1.17. The van der Waals surface area contributed by atoms with Crippen molar-refractivity contribution in [3.8, 4) is 0 Å². The quantitative estimate of drug-likeness (QED) is 0.900. The van der Waals surface area contributed by atoms with Crippen LogP contribution in [0.25, 0.3) is 0 Å². The van der Waals surface area contributed by atoms with E-state index in [0.717, 1.165) is 19.5 Å². The summed E-state index contributed by atoms with van der Waals surface area (Å²) < 4.78 is 13.8. The highest BCUT2D eigenvalue weighted by molar-refractivity contribution is 6.31. The molecule has 1 aliphatic rings. The van der Waals surface area contributed by atoms with Crippen LogP contribution in [0.1, 0.15) is 18.9 Å². The Morgan fingerprint density at radius 3 is 2.91 bits per heavy atom. The van der Waals surface area contributed by atoms with E-state index in [9.17, 15) is 14.3 Å². The molecule has 0 aromatic heterocycles. The van der Waals surface area contributed by atoms with Gasteiger partial charge in [-0.1, -0.05) is 17.7 Å². The van der Waals surface area contributed by atoms with Crippen LogP contribution in [-0.4, -0.2) is 53.6 Å². The molecule has 0 aliphatic carbocycles. The normalized spacial score (nSPS) is 20.1. The maximum absolute atomic E-state index is 13.8. The van der Waals surface area contributed by atoms with E-state index in [0.29, 0.717) is 10.6 Å². The lowest BCUT2D eigenvalue weighted by molar-refractivity contribution is -0.135. The summed E-state index contributed by atoms with van der Waals surface area (Å²) in [6.45, 7) is 3.66. The molecule has 1 amide bonds. The summed E-state index contributed by atoms with van der Waals surface area (Å²) >= 11 is 6.01. The number of carbonyl (C=O) groups is 1. The summed E-state index contributed by atoms with van der Waals surface area (Å²) in [6.07, 6.45) is 0.900. The molecule has 0 saturated carbocycles. The van der Waals surface area contributed by atoms with Crippen molar-refractivity contribution >= 4 is 17.5 Å². The zero-order valence-corrected chi connectivity index (χ0v) is 13.7. The molecule has 2 atom stereocenters. The summed E-state index contributed by atoms with van der Waals surface area (Å²) in [6, 6.07) is 4.22. The van der Waals surface area contributed by atoms with Gasteiger partial charge in [0.15, 0.2) is 0 Å². The number of hydrogen-bond acceptors (Lipinski definition) is 3. The minimum absolute atomic E-state index is 0.0714. The van der Waals surface area contributed by atoms with Gasteiger partial charge in [0.1, 0.15) is 5.82 Å². The summed E-state index contributed by atoms with van der Waals surface area (Å²) in [5.74, 6) is -0.235. The average Bonchev–Trinajstić information content (AvgIpc) is 2.98. The third kappa shape index (κ3) is 3.77. The van der Waals surface area contributed by atoms with Crippen LogP contribution in [0.3, 0.4) is 0 Å². The van der Waals surface area contributed by atoms with E-state index in [2.05, 4.69) is 4.90 Å². The Bertz CT molecular complexity index is 521. The average molecular weight is 329 g/mol. The first-order valence-electron chi connectivity index (χ1n) is 7.46. The SMILES string of the molecule is CC(C(=O)N(C)Cc1c(F)cccc1Cl)N1CCC(CO)C1. The van der Waals surface area contributed by atoms with Gasteiger partial charge in [0.2, 0.25) is 5.91 Å². The van der Waals surface area contributed by atoms with Crippen molar-refractivity contribution in [1.29, 1.82) is 0 Å². The molecule has 1 N–H and O–H groups in total. The first kappa shape index (κ1) is 17.2. The number of aliphatic hydroxyl groups excluding tert-OH is 1. The molecule has 1 aromatic rings. The van der Waals surface area contributed by atoms with Gasteiger partial charge in [0.05, 0.1) is 6.04 Å². The predicted molar refractivity (Wildman–Crippen MR) is 84.1 cm³/mol. The molecule has 6 heteroatoms. The number of aliphatic hydroxyl groups is 1. The van der Waals surface area contributed by atoms with Crippen LogP contribution >= 0.6 is 11.6 Å². The highest BCUT2D eigenvalue weighted by Gasteiger charge is 2.30. The van der Waals surface area contributed by atoms with Crippen molar-refractivity contribution in [2.75, 3.05) is 26.7 Å². The number of hydrogen-bond donors (Lipinski definition) is 1. The largest absolute Gasteiger partial charge is 0.396 e. The first-order chi connectivity index (χ1) is 10.4. The Balaban J connectivity index is 2.00. The zero-order chi connectivity index (χ0) is 16.3. The zero-order valence-electron chi connectivity index (χ0n) is 12.9. The smallest absolute Gasteiger partial charge is 0.239 e. The van der Waals surface area contributed by atoms with Gasteiger partial charge in [-0.05, 0) is 37.9 Å². The molecule has 1 aliphatic heterocycles. The molecule has 1 aromatic carbocycles. The Labute approximate surface area is 135 Å². The molecule has 2 rings (SSSR count). The van der Waals surface area contributed by atoms with Gasteiger partial charge in [0.25, 0.3) is 0 Å². The second-order valence-electron chi connectivity index (χ2n) is 5.90. The van der Waals surface area contributed by atoms with Crippen LogP contribution in [0.5, 0.6) is 0 Å². The number of likely N-dealkylation sites (tertiary alicyclic amines) is 1. The molecular formula is C16H22ClFN2O2. The lowest BCUT2D eigenvalue weighted by atomic mass is 10.1. The molecule has 1 saturated heterocycles. The molecule has 122 valence electrons. The van der Waals surface area contributed by atoms with Crippen molar-refractivity contribution in [2.24, 2.45) is 5.92 Å². The van der Waals surface area contributed by atoms with Gasteiger partial charge >= 0.3 is 0 Å². The third-order valence-electron chi connectivity index (χ3n) is 4.31. The summed E-state index contributed by atoms with van der Waals surface area (Å²) in [4.78, 5) is 16.1. The second kappa shape index (κ2) is 7.40. The van der Waals surface area contributed by atoms with Crippen molar-refractivity contribution in [3.05, 3.63) is 34.6 Å². The maximum atomic E-state index is 13.8. The van der Waals surface area contributed by atoms with Crippen molar-refractivity contribution in [1.82, 2.24) is 9.80 Å². The van der Waals surface area contributed by atoms with E-state index in [4.69, 9.17) is 11.6 Å². The van der Waals surface area contributed by atoms with Crippen molar-refractivity contribution < 1.29 is 14.3 Å². The third-order valence-corrected chi connectivity index (χ3v) is 4.67. The van der Waals surface area contributed by atoms with E-state index in [1.807, 2.05) is 6.92 Å². The second-order valence-corrected chi connectivity index (χ2v) is 6.31. The molecule has 22 heavy (non-hydrogen) atoms. The minimum Gasteiger partial charge on any atom is -0.396 e. The van der Waals surface area contributed by atoms with E-state index < -0.39 is 5.82 Å². The number of halogens is 2. The fourth-order valence-electron chi connectivity index (χ4n) is 2.84. The predicted octanol–water partition coefficient (Wildman–Crippen LogP) is 2.14. The highest BCUT2D eigenvalue weighted by Crippen LogP contribution is 2.22. The van der Waals surface area contributed by atoms with Crippen LogP contribution < -0.4 is 0 Å². The molecule has 0 bridgehead atoms. The van der Waals surface area contributed by atoms with E-state index >= 15 is 0 Å². The number of likely N-dealkylation sites (N-methyl/N-ethyl adjacent to an activating group) is 1. The standard InChI is InChI=1S/C16H22ClFN2O2/c1-11(20-7-6-12(8-20)10-21)16(22)19(2)9-13-14(17)4-3-5-15(13)18/h3-5,11-12,21H,6-10H2,1-2H3. The van der Waals surface area contributed by atoms with Gasteiger partial charge in [-0.3, -0.25) is 9.69 Å². The van der Waals surface area contributed by atoms with Gasteiger partial charge in [0, 0.05) is 37.3 Å². The highest BCUT2D eigenvalue weighted by atomic mass is 35.5. The van der Waals surface area contributed by atoms with Crippen molar-refractivity contribution in [3.63, 3.8) is 0 Å². The number of rotatable bonds is 5. The molecular weight excluding hydrogens is 307 g/mol. The fourth-order valence-corrected chi connectivity index (χ4v) is 3.06. The Morgan fingerprint density at radius 1 is 1.59 bits per heavy atom. The summed E-state index contributed by atoms with van der Waals surface area (Å²) in [5, 5.41) is 9.52. The number of nitrogens with zero attached hydrogens (tertiary/aromatic N) is 2. The molecule has 4 nitrogen and oxygen atoms in total. The summed E-state index contributed by atoms with van der Waals surface area (Å²) in [7, 11) is 1.65. The number of benzene rings is 1. The number of amides is 1. The molecule has 0 spiro atoms. The van der Waals surface area contributed by atoms with Crippen LogP contribution in [0.15, 0.2) is 18.2 Å². The van der Waals surface area contributed by atoms with E-state index in [1.165, 1.54) is 11.0 Å². The Morgan fingerprint density at radius 2 is 2.32 bits per heavy atom. The fraction of sp³-hybridized carbons (Fsp3) is 0.562. The lowest BCUT2D eigenvalue weighted by Gasteiger charge is -2.28. The maximum Gasteiger partial charge on any atom is 0.239 e. The topological polar surface area (TPSA) is 43.8 Å². The van der Waals surface area contributed by atoms with E-state index in [1.54, 1.807) is 19.2 Å². The minimum atomic E-state index is -0.402. The van der Waals surface area contributed by atoms with Gasteiger partial charge in [-0.25, -0.2) is 4.39 Å². The van der Waals surface area contributed by atoms with Gasteiger partial charge in [-0.15, -0.1) is 0 Å². The molecule has 1 heterocycles. The molecule has 2 unspecified atom stereocenters.